The number of anilines is 1. The Morgan fingerprint density at radius 2 is 2.00 bits per heavy atom. The van der Waals surface area contributed by atoms with Crippen LogP contribution in [0.4, 0.5) is 5.82 Å². The molecule has 0 atom stereocenters. The minimum Gasteiger partial charge on any atom is -0.492 e. The maximum Gasteiger partial charge on any atom is 0.248 e. The number of ether oxygens (including phenoxy) is 1. The van der Waals surface area contributed by atoms with Crippen molar-refractivity contribution in [2.24, 2.45) is 5.73 Å². The highest BCUT2D eigenvalue weighted by molar-refractivity contribution is 5.92. The van der Waals surface area contributed by atoms with Crippen molar-refractivity contribution in [3.8, 4) is 5.75 Å². The van der Waals surface area contributed by atoms with Gasteiger partial charge in [0.25, 0.3) is 0 Å². The molecular weight excluding hydrogens is 232 g/mol. The number of aromatic nitrogens is 2. The second-order valence-electron chi connectivity index (χ2n) is 3.74. The molecule has 6 nitrogen and oxygen atoms in total. The molecule has 0 aliphatic rings. The summed E-state index contributed by atoms with van der Waals surface area (Å²) < 4.78 is 7.20. The first-order chi connectivity index (χ1) is 8.65. The van der Waals surface area contributed by atoms with E-state index >= 15 is 0 Å². The van der Waals surface area contributed by atoms with Crippen LogP contribution in [0.5, 0.6) is 5.75 Å². The van der Waals surface area contributed by atoms with Crippen LogP contribution in [0.15, 0.2) is 36.5 Å². The number of benzene rings is 1. The summed E-state index contributed by atoms with van der Waals surface area (Å²) in [7, 11) is 0. The third-order valence-electron chi connectivity index (χ3n) is 2.39. The third-order valence-corrected chi connectivity index (χ3v) is 2.39. The van der Waals surface area contributed by atoms with Gasteiger partial charge in [-0.2, -0.15) is 5.10 Å². The number of nitrogen functional groups attached to an aromatic ring is 1. The van der Waals surface area contributed by atoms with Gasteiger partial charge in [0.15, 0.2) is 0 Å². The molecule has 6 heteroatoms. The second-order valence-corrected chi connectivity index (χ2v) is 3.74. The molecule has 2 rings (SSSR count). The van der Waals surface area contributed by atoms with Crippen molar-refractivity contribution >= 4 is 11.7 Å². The molecule has 4 N–H and O–H groups in total. The lowest BCUT2D eigenvalue weighted by Crippen LogP contribution is -2.11. The third kappa shape index (κ3) is 3.00. The van der Waals surface area contributed by atoms with Gasteiger partial charge in [0.2, 0.25) is 5.91 Å². The Hall–Kier alpha value is -2.50. The van der Waals surface area contributed by atoms with Gasteiger partial charge in [0.1, 0.15) is 18.2 Å². The van der Waals surface area contributed by atoms with Crippen LogP contribution in [0.25, 0.3) is 0 Å². The fourth-order valence-electron chi connectivity index (χ4n) is 1.47. The van der Waals surface area contributed by atoms with Crippen LogP contribution in [0.3, 0.4) is 0 Å². The molecule has 0 radical (unpaired) electrons. The Labute approximate surface area is 104 Å². The lowest BCUT2D eigenvalue weighted by Gasteiger charge is -2.06. The van der Waals surface area contributed by atoms with E-state index in [-0.39, 0.29) is 0 Å². The first-order valence-electron chi connectivity index (χ1n) is 5.47. The Morgan fingerprint density at radius 3 is 2.56 bits per heavy atom. The van der Waals surface area contributed by atoms with Gasteiger partial charge in [0, 0.05) is 11.8 Å². The van der Waals surface area contributed by atoms with Crippen molar-refractivity contribution in [2.45, 2.75) is 6.54 Å². The maximum atomic E-state index is 10.9. The summed E-state index contributed by atoms with van der Waals surface area (Å²) in [5, 5.41) is 4.03. The number of hydrogen-bond donors (Lipinski definition) is 2. The van der Waals surface area contributed by atoms with Crippen LogP contribution >= 0.6 is 0 Å². The van der Waals surface area contributed by atoms with Crippen molar-refractivity contribution in [1.82, 2.24) is 9.78 Å². The Morgan fingerprint density at radius 1 is 1.28 bits per heavy atom. The van der Waals surface area contributed by atoms with Crippen molar-refractivity contribution < 1.29 is 9.53 Å². The van der Waals surface area contributed by atoms with E-state index in [1.807, 2.05) is 0 Å². The van der Waals surface area contributed by atoms with E-state index < -0.39 is 5.91 Å². The molecule has 0 fully saturated rings. The Balaban J connectivity index is 1.85. The molecule has 0 saturated heterocycles. The maximum absolute atomic E-state index is 10.9. The van der Waals surface area contributed by atoms with Gasteiger partial charge < -0.3 is 16.2 Å². The zero-order chi connectivity index (χ0) is 13.0. The van der Waals surface area contributed by atoms with E-state index in [0.717, 1.165) is 0 Å². The van der Waals surface area contributed by atoms with Gasteiger partial charge in [-0.3, -0.25) is 9.48 Å². The highest BCUT2D eigenvalue weighted by Gasteiger charge is 2.00. The van der Waals surface area contributed by atoms with Gasteiger partial charge >= 0.3 is 0 Å². The first kappa shape index (κ1) is 12.0. The summed E-state index contributed by atoms with van der Waals surface area (Å²) in [6, 6.07) is 8.39. The zero-order valence-corrected chi connectivity index (χ0v) is 9.74. The highest BCUT2D eigenvalue weighted by atomic mass is 16.5. The van der Waals surface area contributed by atoms with Crippen LogP contribution in [-0.4, -0.2) is 22.3 Å². The lowest BCUT2D eigenvalue weighted by atomic mass is 10.2. The molecule has 94 valence electrons. The summed E-state index contributed by atoms with van der Waals surface area (Å²) in [4.78, 5) is 10.9. The minimum absolute atomic E-state index is 0.450. The molecule has 0 saturated carbocycles. The smallest absolute Gasteiger partial charge is 0.248 e. The van der Waals surface area contributed by atoms with Crippen molar-refractivity contribution in [2.75, 3.05) is 12.3 Å². The lowest BCUT2D eigenvalue weighted by molar-refractivity contribution is 0.100. The van der Waals surface area contributed by atoms with Gasteiger partial charge in [0.05, 0.1) is 6.54 Å². The Bertz CT molecular complexity index is 533. The van der Waals surface area contributed by atoms with Crippen LogP contribution in [0.2, 0.25) is 0 Å². The van der Waals surface area contributed by atoms with Gasteiger partial charge in [-0.15, -0.1) is 0 Å². The summed E-state index contributed by atoms with van der Waals surface area (Å²) in [6.07, 6.45) is 1.79. The number of hydrogen-bond acceptors (Lipinski definition) is 4. The monoisotopic (exact) mass is 246 g/mol. The number of primary amides is 1. The molecule has 0 spiro atoms. The highest BCUT2D eigenvalue weighted by Crippen LogP contribution is 2.11. The van der Waals surface area contributed by atoms with Gasteiger partial charge in [-0.05, 0) is 30.3 Å². The molecule has 0 aliphatic heterocycles. The number of rotatable bonds is 5. The molecule has 0 bridgehead atoms. The number of nitrogens with two attached hydrogens (primary N) is 2. The summed E-state index contributed by atoms with van der Waals surface area (Å²) in [5.74, 6) is 0.717. The molecule has 1 amide bonds. The number of nitrogens with zero attached hydrogens (tertiary/aromatic N) is 2. The van der Waals surface area contributed by atoms with E-state index in [9.17, 15) is 4.79 Å². The number of amides is 1. The van der Waals surface area contributed by atoms with E-state index in [0.29, 0.717) is 30.3 Å². The fourth-order valence-corrected chi connectivity index (χ4v) is 1.47. The topological polar surface area (TPSA) is 96.2 Å². The fraction of sp³-hybridized carbons (Fsp3) is 0.167. The van der Waals surface area contributed by atoms with Crippen LogP contribution in [0, 0.1) is 0 Å². The first-order valence-corrected chi connectivity index (χ1v) is 5.47. The van der Waals surface area contributed by atoms with Crippen molar-refractivity contribution in [3.63, 3.8) is 0 Å². The second kappa shape index (κ2) is 5.22. The number of carbonyl (C=O) groups excluding carboxylic acids is 1. The molecular formula is C12H14N4O2. The molecule has 1 aromatic heterocycles. The average Bonchev–Trinajstić information content (AvgIpc) is 2.76. The summed E-state index contributed by atoms with van der Waals surface area (Å²) in [5.41, 5.74) is 11.1. The molecule has 2 aromatic rings. The van der Waals surface area contributed by atoms with E-state index in [2.05, 4.69) is 5.10 Å². The normalized spacial score (nSPS) is 10.2. The quantitative estimate of drug-likeness (QED) is 0.809. The summed E-state index contributed by atoms with van der Waals surface area (Å²) >= 11 is 0. The minimum atomic E-state index is -0.450. The molecule has 0 aliphatic carbocycles. The predicted octanol–water partition coefficient (Wildman–Crippen LogP) is 0.643. The van der Waals surface area contributed by atoms with E-state index in [4.69, 9.17) is 16.2 Å². The SMILES string of the molecule is NC(=O)c1ccc(OCCn2ccc(N)n2)cc1. The van der Waals surface area contributed by atoms with Gasteiger partial charge in [-0.25, -0.2) is 0 Å². The van der Waals surface area contributed by atoms with Crippen molar-refractivity contribution in [1.29, 1.82) is 0 Å². The van der Waals surface area contributed by atoms with Gasteiger partial charge in [-0.1, -0.05) is 0 Å². The van der Waals surface area contributed by atoms with E-state index in [1.165, 1.54) is 0 Å². The molecule has 18 heavy (non-hydrogen) atoms. The van der Waals surface area contributed by atoms with Crippen LogP contribution < -0.4 is 16.2 Å². The largest absolute Gasteiger partial charge is 0.492 e. The zero-order valence-electron chi connectivity index (χ0n) is 9.74. The van der Waals surface area contributed by atoms with Crippen LogP contribution in [0.1, 0.15) is 10.4 Å². The van der Waals surface area contributed by atoms with E-state index in [1.54, 1.807) is 41.2 Å². The van der Waals surface area contributed by atoms with Crippen molar-refractivity contribution in [3.05, 3.63) is 42.1 Å². The molecule has 1 heterocycles. The molecule has 0 unspecified atom stereocenters. The summed E-state index contributed by atoms with van der Waals surface area (Å²) in [6.45, 7) is 1.08. The number of carbonyl (C=O) groups is 1. The average molecular weight is 246 g/mol. The molecule has 1 aromatic carbocycles. The van der Waals surface area contributed by atoms with Crippen LogP contribution in [-0.2, 0) is 6.54 Å². The predicted molar refractivity (Wildman–Crippen MR) is 67.1 cm³/mol. The standard InChI is InChI=1S/C12H14N4O2/c13-11-5-6-16(15-11)7-8-18-10-3-1-9(2-4-10)12(14)17/h1-6H,7-8H2,(H2,13,15)(H2,14,17). The Kier molecular flexibility index (Phi) is 3.47.